The van der Waals surface area contributed by atoms with Gasteiger partial charge in [0.2, 0.25) is 5.91 Å². The first kappa shape index (κ1) is 12.0. The van der Waals surface area contributed by atoms with Crippen LogP contribution >= 0.6 is 0 Å². The van der Waals surface area contributed by atoms with Gasteiger partial charge in [-0.15, -0.1) is 0 Å². The van der Waals surface area contributed by atoms with Crippen molar-refractivity contribution in [3.05, 3.63) is 23.8 Å². The lowest BCUT2D eigenvalue weighted by Gasteiger charge is -2.18. The molecule has 0 spiro atoms. The molecule has 0 fully saturated rings. The van der Waals surface area contributed by atoms with E-state index in [0.29, 0.717) is 12.3 Å². The molecular formula is C14H20N2O. The molecule has 0 unspecified atom stereocenters. The van der Waals surface area contributed by atoms with Crippen LogP contribution in [0, 0.1) is 5.92 Å². The van der Waals surface area contributed by atoms with E-state index in [1.165, 1.54) is 5.56 Å². The van der Waals surface area contributed by atoms with Crippen LogP contribution in [0.3, 0.4) is 0 Å². The Labute approximate surface area is 103 Å². The van der Waals surface area contributed by atoms with Gasteiger partial charge in [0.1, 0.15) is 0 Å². The van der Waals surface area contributed by atoms with Crippen molar-refractivity contribution in [1.29, 1.82) is 0 Å². The minimum atomic E-state index is 0.225. The summed E-state index contributed by atoms with van der Waals surface area (Å²) in [6.45, 7) is 5.09. The monoisotopic (exact) mass is 232 g/mol. The highest BCUT2D eigenvalue weighted by atomic mass is 16.2. The molecule has 1 aromatic rings. The van der Waals surface area contributed by atoms with Gasteiger partial charge in [0.15, 0.2) is 0 Å². The van der Waals surface area contributed by atoms with Gasteiger partial charge in [0.05, 0.1) is 0 Å². The minimum Gasteiger partial charge on any atom is -0.399 e. The van der Waals surface area contributed by atoms with E-state index in [0.717, 1.165) is 30.8 Å². The SMILES string of the molecule is CC(C)CCC(=O)N1CCc2ccc(N)cc21. The van der Waals surface area contributed by atoms with E-state index in [1.807, 2.05) is 23.1 Å². The maximum Gasteiger partial charge on any atom is 0.227 e. The normalized spacial score (nSPS) is 14.2. The number of carbonyl (C=O) groups is 1. The maximum absolute atomic E-state index is 12.1. The molecule has 1 aliphatic heterocycles. The molecule has 1 aromatic carbocycles. The molecule has 1 aliphatic rings. The van der Waals surface area contributed by atoms with Gasteiger partial charge in [-0.25, -0.2) is 0 Å². The first-order valence-electron chi connectivity index (χ1n) is 6.26. The van der Waals surface area contributed by atoms with Crippen molar-refractivity contribution < 1.29 is 4.79 Å². The Morgan fingerprint density at radius 1 is 1.47 bits per heavy atom. The van der Waals surface area contributed by atoms with Gasteiger partial charge in [-0.05, 0) is 36.5 Å². The number of hydrogen-bond donors (Lipinski definition) is 1. The van der Waals surface area contributed by atoms with Crippen LogP contribution < -0.4 is 10.6 Å². The summed E-state index contributed by atoms with van der Waals surface area (Å²) >= 11 is 0. The third kappa shape index (κ3) is 2.60. The maximum atomic E-state index is 12.1. The number of nitrogens with zero attached hydrogens (tertiary/aromatic N) is 1. The smallest absolute Gasteiger partial charge is 0.227 e. The van der Waals surface area contributed by atoms with E-state index in [4.69, 9.17) is 5.73 Å². The van der Waals surface area contributed by atoms with Crippen LogP contribution in [-0.4, -0.2) is 12.5 Å². The number of amides is 1. The first-order chi connectivity index (χ1) is 8.08. The van der Waals surface area contributed by atoms with Crippen LogP contribution in [0.25, 0.3) is 0 Å². The standard InChI is InChI=1S/C14H20N2O/c1-10(2)3-6-14(17)16-8-7-11-4-5-12(15)9-13(11)16/h4-5,9-10H,3,6-8,15H2,1-2H3. The molecule has 0 aromatic heterocycles. The van der Waals surface area contributed by atoms with Crippen molar-refractivity contribution in [1.82, 2.24) is 0 Å². The molecule has 0 radical (unpaired) electrons. The lowest BCUT2D eigenvalue weighted by molar-refractivity contribution is -0.118. The molecule has 0 atom stereocenters. The quantitative estimate of drug-likeness (QED) is 0.814. The van der Waals surface area contributed by atoms with E-state index < -0.39 is 0 Å². The van der Waals surface area contributed by atoms with E-state index in [2.05, 4.69) is 13.8 Å². The fourth-order valence-electron chi connectivity index (χ4n) is 2.20. The Balaban J connectivity index is 2.10. The van der Waals surface area contributed by atoms with Crippen molar-refractivity contribution in [3.63, 3.8) is 0 Å². The Kier molecular flexibility index (Phi) is 3.36. The van der Waals surface area contributed by atoms with Crippen LogP contribution in [0.1, 0.15) is 32.3 Å². The Hall–Kier alpha value is -1.51. The van der Waals surface area contributed by atoms with E-state index in [-0.39, 0.29) is 5.91 Å². The van der Waals surface area contributed by atoms with Crippen LogP contribution in [0.2, 0.25) is 0 Å². The van der Waals surface area contributed by atoms with Gasteiger partial charge in [-0.1, -0.05) is 19.9 Å². The number of nitrogen functional groups attached to an aromatic ring is 1. The van der Waals surface area contributed by atoms with E-state index in [9.17, 15) is 4.79 Å². The summed E-state index contributed by atoms with van der Waals surface area (Å²) in [7, 11) is 0. The predicted octanol–water partition coefficient (Wildman–Crippen LogP) is 2.59. The molecule has 0 aliphatic carbocycles. The zero-order valence-corrected chi connectivity index (χ0v) is 10.6. The summed E-state index contributed by atoms with van der Waals surface area (Å²) < 4.78 is 0. The summed E-state index contributed by atoms with van der Waals surface area (Å²) in [5.41, 5.74) is 8.75. The highest BCUT2D eigenvalue weighted by Gasteiger charge is 2.24. The van der Waals surface area contributed by atoms with E-state index in [1.54, 1.807) is 0 Å². The number of rotatable bonds is 3. The lowest BCUT2D eigenvalue weighted by atomic mass is 10.1. The number of benzene rings is 1. The molecule has 2 N–H and O–H groups in total. The van der Waals surface area contributed by atoms with Crippen molar-refractivity contribution in [3.8, 4) is 0 Å². The van der Waals surface area contributed by atoms with Crippen LogP contribution in [0.4, 0.5) is 11.4 Å². The molecule has 2 rings (SSSR count). The summed E-state index contributed by atoms with van der Waals surface area (Å²) in [5.74, 6) is 0.796. The number of nitrogens with two attached hydrogens (primary N) is 1. The molecule has 92 valence electrons. The van der Waals surface area contributed by atoms with Crippen molar-refractivity contribution >= 4 is 17.3 Å². The fourth-order valence-corrected chi connectivity index (χ4v) is 2.20. The average Bonchev–Trinajstić information content (AvgIpc) is 2.68. The summed E-state index contributed by atoms with van der Waals surface area (Å²) in [4.78, 5) is 14.0. The molecule has 3 nitrogen and oxygen atoms in total. The largest absolute Gasteiger partial charge is 0.399 e. The Morgan fingerprint density at radius 2 is 2.24 bits per heavy atom. The summed E-state index contributed by atoms with van der Waals surface area (Å²) in [5, 5.41) is 0. The van der Waals surface area contributed by atoms with Gasteiger partial charge < -0.3 is 10.6 Å². The van der Waals surface area contributed by atoms with Gasteiger partial charge in [0, 0.05) is 24.3 Å². The summed E-state index contributed by atoms with van der Waals surface area (Å²) in [6.07, 6.45) is 2.53. The third-order valence-electron chi connectivity index (χ3n) is 3.24. The Morgan fingerprint density at radius 3 is 2.94 bits per heavy atom. The zero-order chi connectivity index (χ0) is 12.4. The van der Waals surface area contributed by atoms with Gasteiger partial charge >= 0.3 is 0 Å². The second-order valence-corrected chi connectivity index (χ2v) is 5.12. The van der Waals surface area contributed by atoms with Crippen LogP contribution in [0.15, 0.2) is 18.2 Å². The highest BCUT2D eigenvalue weighted by Crippen LogP contribution is 2.30. The minimum absolute atomic E-state index is 0.225. The van der Waals surface area contributed by atoms with Gasteiger partial charge in [-0.2, -0.15) is 0 Å². The molecular weight excluding hydrogens is 212 g/mol. The van der Waals surface area contributed by atoms with E-state index >= 15 is 0 Å². The average molecular weight is 232 g/mol. The van der Waals surface area contributed by atoms with Crippen molar-refractivity contribution in [2.24, 2.45) is 5.92 Å². The van der Waals surface area contributed by atoms with Crippen molar-refractivity contribution in [2.45, 2.75) is 33.1 Å². The second-order valence-electron chi connectivity index (χ2n) is 5.12. The second kappa shape index (κ2) is 4.78. The molecule has 1 amide bonds. The number of anilines is 2. The zero-order valence-electron chi connectivity index (χ0n) is 10.6. The van der Waals surface area contributed by atoms with Crippen molar-refractivity contribution in [2.75, 3.05) is 17.2 Å². The van der Waals surface area contributed by atoms with Gasteiger partial charge in [-0.3, -0.25) is 4.79 Å². The predicted molar refractivity (Wildman–Crippen MR) is 71.0 cm³/mol. The first-order valence-corrected chi connectivity index (χ1v) is 6.26. The van der Waals surface area contributed by atoms with Crippen LogP contribution in [-0.2, 0) is 11.2 Å². The molecule has 0 bridgehead atoms. The molecule has 17 heavy (non-hydrogen) atoms. The molecule has 3 heteroatoms. The number of fused-ring (bicyclic) bond motifs is 1. The van der Waals surface area contributed by atoms with Gasteiger partial charge in [0.25, 0.3) is 0 Å². The lowest BCUT2D eigenvalue weighted by Crippen LogP contribution is -2.28. The topological polar surface area (TPSA) is 46.3 Å². The molecule has 0 saturated carbocycles. The molecule has 0 saturated heterocycles. The van der Waals surface area contributed by atoms with Crippen LogP contribution in [0.5, 0.6) is 0 Å². The molecule has 1 heterocycles. The third-order valence-corrected chi connectivity index (χ3v) is 3.24. The fraction of sp³-hybridized carbons (Fsp3) is 0.500. The number of carbonyl (C=O) groups excluding carboxylic acids is 1. The Bertz CT molecular complexity index is 426. The highest BCUT2D eigenvalue weighted by molar-refractivity contribution is 5.96. The number of hydrogen-bond acceptors (Lipinski definition) is 2. The summed E-state index contributed by atoms with van der Waals surface area (Å²) in [6, 6.07) is 5.84.